The minimum absolute atomic E-state index is 0.0495. The summed E-state index contributed by atoms with van der Waals surface area (Å²) in [6.07, 6.45) is 3.19. The number of hydrogen-bond donors (Lipinski definition) is 1. The van der Waals surface area contributed by atoms with E-state index in [4.69, 9.17) is 9.84 Å². The van der Waals surface area contributed by atoms with Crippen LogP contribution in [0.1, 0.15) is 30.1 Å². The number of halogens is 1. The maximum absolute atomic E-state index is 14.1. The van der Waals surface area contributed by atoms with Gasteiger partial charge in [-0.1, -0.05) is 0 Å². The third-order valence-electron chi connectivity index (χ3n) is 3.18. The normalized spacial score (nSPS) is 19.5. The first-order valence-electron chi connectivity index (χ1n) is 6.37. The second kappa shape index (κ2) is 5.97. The summed E-state index contributed by atoms with van der Waals surface area (Å²) in [5.41, 5.74) is -0.344. The van der Waals surface area contributed by atoms with Crippen LogP contribution in [-0.4, -0.2) is 41.9 Å². The molecular formula is C13H17FN2O3. The lowest BCUT2D eigenvalue weighted by Gasteiger charge is -2.33. The van der Waals surface area contributed by atoms with E-state index in [-0.39, 0.29) is 17.5 Å². The van der Waals surface area contributed by atoms with E-state index in [1.807, 2.05) is 6.92 Å². The number of anilines is 1. The molecule has 1 N–H and O–H groups in total. The van der Waals surface area contributed by atoms with Crippen molar-refractivity contribution in [1.29, 1.82) is 0 Å². The number of pyridine rings is 1. The summed E-state index contributed by atoms with van der Waals surface area (Å²) in [7, 11) is 0. The van der Waals surface area contributed by atoms with Gasteiger partial charge in [0.1, 0.15) is 5.56 Å². The van der Waals surface area contributed by atoms with E-state index in [1.54, 1.807) is 4.90 Å². The Kier molecular flexibility index (Phi) is 4.31. The van der Waals surface area contributed by atoms with E-state index in [0.717, 1.165) is 12.8 Å². The van der Waals surface area contributed by atoms with Crippen LogP contribution in [-0.2, 0) is 4.74 Å². The predicted molar refractivity (Wildman–Crippen MR) is 68.0 cm³/mol. The highest BCUT2D eigenvalue weighted by Crippen LogP contribution is 2.24. The molecule has 1 aliphatic rings. The average Bonchev–Trinajstić information content (AvgIpc) is 2.39. The Morgan fingerprint density at radius 3 is 3.16 bits per heavy atom. The van der Waals surface area contributed by atoms with Crippen LogP contribution >= 0.6 is 0 Å². The number of carboxylic acids is 1. The molecule has 2 heterocycles. The number of piperidine rings is 1. The highest BCUT2D eigenvalue weighted by atomic mass is 19.1. The molecule has 0 radical (unpaired) electrons. The molecule has 6 heteroatoms. The van der Waals surface area contributed by atoms with Gasteiger partial charge < -0.3 is 14.7 Å². The summed E-state index contributed by atoms with van der Waals surface area (Å²) in [5.74, 6) is -1.95. The molecule has 0 aliphatic carbocycles. The topological polar surface area (TPSA) is 62.7 Å². The number of ether oxygens (including phenoxy) is 1. The largest absolute Gasteiger partial charge is 0.478 e. The summed E-state index contributed by atoms with van der Waals surface area (Å²) in [4.78, 5) is 16.6. The quantitative estimate of drug-likeness (QED) is 0.904. The summed E-state index contributed by atoms with van der Waals surface area (Å²) >= 11 is 0. The third kappa shape index (κ3) is 3.01. The van der Waals surface area contributed by atoms with Crippen LogP contribution in [0.2, 0.25) is 0 Å². The second-order valence-electron chi connectivity index (χ2n) is 4.47. The zero-order chi connectivity index (χ0) is 13.8. The van der Waals surface area contributed by atoms with Crippen molar-refractivity contribution in [2.24, 2.45) is 0 Å². The Morgan fingerprint density at radius 1 is 1.68 bits per heavy atom. The van der Waals surface area contributed by atoms with Crippen molar-refractivity contribution in [3.05, 3.63) is 23.6 Å². The van der Waals surface area contributed by atoms with Gasteiger partial charge in [-0.15, -0.1) is 0 Å². The van der Waals surface area contributed by atoms with Gasteiger partial charge in [-0.25, -0.2) is 14.2 Å². The lowest BCUT2D eigenvalue weighted by Crippen LogP contribution is -2.40. The number of aromatic nitrogens is 1. The van der Waals surface area contributed by atoms with Gasteiger partial charge in [-0.3, -0.25) is 0 Å². The lowest BCUT2D eigenvalue weighted by molar-refractivity contribution is 0.0523. The third-order valence-corrected chi connectivity index (χ3v) is 3.18. The number of carbonyl (C=O) groups is 1. The van der Waals surface area contributed by atoms with Crippen LogP contribution in [0.5, 0.6) is 0 Å². The van der Waals surface area contributed by atoms with Crippen LogP contribution in [0.3, 0.4) is 0 Å². The van der Waals surface area contributed by atoms with E-state index in [0.29, 0.717) is 19.7 Å². The zero-order valence-corrected chi connectivity index (χ0v) is 10.8. The molecule has 0 spiro atoms. The monoisotopic (exact) mass is 268 g/mol. The fourth-order valence-electron chi connectivity index (χ4n) is 2.32. The van der Waals surface area contributed by atoms with Gasteiger partial charge in [-0.2, -0.15) is 0 Å². The van der Waals surface area contributed by atoms with Gasteiger partial charge in [0, 0.05) is 25.9 Å². The summed E-state index contributed by atoms with van der Waals surface area (Å²) in [6.45, 7) is 3.74. The fraction of sp³-hybridized carbons (Fsp3) is 0.538. The lowest BCUT2D eigenvalue weighted by atomic mass is 10.1. The van der Waals surface area contributed by atoms with E-state index in [1.165, 1.54) is 12.3 Å². The molecule has 104 valence electrons. The van der Waals surface area contributed by atoms with Crippen molar-refractivity contribution < 1.29 is 19.0 Å². The zero-order valence-electron chi connectivity index (χ0n) is 10.8. The molecule has 1 aromatic heterocycles. The van der Waals surface area contributed by atoms with Crippen molar-refractivity contribution in [2.45, 2.75) is 25.9 Å². The Bertz CT molecular complexity index is 465. The second-order valence-corrected chi connectivity index (χ2v) is 4.47. The molecule has 0 aromatic carbocycles. The molecule has 1 atom stereocenters. The summed E-state index contributed by atoms with van der Waals surface area (Å²) in [6, 6.07) is 1.17. The van der Waals surface area contributed by atoms with Gasteiger partial charge in [-0.05, 0) is 25.8 Å². The average molecular weight is 268 g/mol. The Labute approximate surface area is 111 Å². The van der Waals surface area contributed by atoms with Crippen LogP contribution in [0.25, 0.3) is 0 Å². The van der Waals surface area contributed by atoms with Crippen LogP contribution in [0.4, 0.5) is 10.2 Å². The number of nitrogens with zero attached hydrogens (tertiary/aromatic N) is 2. The molecule has 0 amide bonds. The first kappa shape index (κ1) is 13.7. The number of aromatic carboxylic acids is 1. The van der Waals surface area contributed by atoms with E-state index >= 15 is 0 Å². The van der Waals surface area contributed by atoms with E-state index in [9.17, 15) is 9.18 Å². The first-order valence-corrected chi connectivity index (χ1v) is 6.37. The maximum atomic E-state index is 14.1. The Hall–Kier alpha value is -1.69. The summed E-state index contributed by atoms with van der Waals surface area (Å²) < 4.78 is 19.6. The molecule has 5 nitrogen and oxygen atoms in total. The van der Waals surface area contributed by atoms with Crippen LogP contribution in [0, 0.1) is 5.82 Å². The fourth-order valence-corrected chi connectivity index (χ4v) is 2.32. The van der Waals surface area contributed by atoms with Crippen molar-refractivity contribution in [1.82, 2.24) is 4.98 Å². The predicted octanol–water partition coefficient (Wildman–Crippen LogP) is 1.92. The minimum Gasteiger partial charge on any atom is -0.478 e. The standard InChI is InChI=1S/C13H17FN2O3/c1-2-19-9-4-3-7-16(8-9)12-11(14)10(13(17)18)5-6-15-12/h5-6,9H,2-4,7-8H2,1H3,(H,17,18). The molecule has 1 aliphatic heterocycles. The van der Waals surface area contributed by atoms with Crippen molar-refractivity contribution in [3.63, 3.8) is 0 Å². The first-order chi connectivity index (χ1) is 9.13. The maximum Gasteiger partial charge on any atom is 0.338 e. The minimum atomic E-state index is -1.28. The highest BCUT2D eigenvalue weighted by molar-refractivity contribution is 5.88. The molecule has 1 fully saturated rings. The SMILES string of the molecule is CCOC1CCCN(c2nccc(C(=O)O)c2F)C1. The van der Waals surface area contributed by atoms with Crippen LogP contribution < -0.4 is 4.90 Å². The molecule has 0 bridgehead atoms. The van der Waals surface area contributed by atoms with Crippen molar-refractivity contribution >= 4 is 11.8 Å². The molecule has 2 rings (SSSR count). The van der Waals surface area contributed by atoms with E-state index in [2.05, 4.69) is 4.98 Å². The Morgan fingerprint density at radius 2 is 2.47 bits per heavy atom. The molecular weight excluding hydrogens is 251 g/mol. The Balaban J connectivity index is 2.21. The van der Waals surface area contributed by atoms with Crippen molar-refractivity contribution in [3.8, 4) is 0 Å². The molecule has 1 saturated heterocycles. The van der Waals surface area contributed by atoms with Crippen molar-refractivity contribution in [2.75, 3.05) is 24.6 Å². The molecule has 1 aromatic rings. The van der Waals surface area contributed by atoms with Gasteiger partial charge in [0.15, 0.2) is 11.6 Å². The van der Waals surface area contributed by atoms with Crippen LogP contribution in [0.15, 0.2) is 12.3 Å². The van der Waals surface area contributed by atoms with Gasteiger partial charge in [0.25, 0.3) is 0 Å². The van der Waals surface area contributed by atoms with Gasteiger partial charge >= 0.3 is 5.97 Å². The number of carboxylic acid groups (broad SMARTS) is 1. The number of hydrogen-bond acceptors (Lipinski definition) is 4. The smallest absolute Gasteiger partial charge is 0.338 e. The molecule has 19 heavy (non-hydrogen) atoms. The molecule has 1 unspecified atom stereocenters. The number of rotatable bonds is 4. The van der Waals surface area contributed by atoms with Gasteiger partial charge in [0.2, 0.25) is 0 Å². The van der Waals surface area contributed by atoms with Gasteiger partial charge in [0.05, 0.1) is 6.10 Å². The van der Waals surface area contributed by atoms with E-state index < -0.39 is 11.8 Å². The summed E-state index contributed by atoms with van der Waals surface area (Å²) in [5, 5.41) is 8.91. The highest BCUT2D eigenvalue weighted by Gasteiger charge is 2.25. The molecule has 0 saturated carbocycles.